The number of anilines is 1. The van der Waals surface area contributed by atoms with Gasteiger partial charge in [-0.25, -0.2) is 0 Å². The zero-order valence-corrected chi connectivity index (χ0v) is 18.4. The molecule has 0 bridgehead atoms. The van der Waals surface area contributed by atoms with Crippen LogP contribution in [0.3, 0.4) is 0 Å². The van der Waals surface area contributed by atoms with Crippen LogP contribution in [0.2, 0.25) is 15.1 Å². The molecule has 28 heavy (non-hydrogen) atoms. The van der Waals surface area contributed by atoms with E-state index in [2.05, 4.69) is 15.5 Å². The minimum absolute atomic E-state index is 0.506. The fraction of sp³-hybridized carbons (Fsp3) is 0.278. The molecule has 0 saturated heterocycles. The van der Waals surface area contributed by atoms with Gasteiger partial charge >= 0.3 is 0 Å². The summed E-state index contributed by atoms with van der Waals surface area (Å²) in [4.78, 5) is 1.87. The number of aromatic nitrogens is 4. The van der Waals surface area contributed by atoms with Crippen molar-refractivity contribution in [2.45, 2.75) is 26.6 Å². The quantitative estimate of drug-likeness (QED) is 0.532. The first-order valence-electron chi connectivity index (χ1n) is 8.56. The van der Waals surface area contributed by atoms with E-state index in [1.807, 2.05) is 37.3 Å². The molecule has 6 nitrogen and oxygen atoms in total. The van der Waals surface area contributed by atoms with Crippen molar-refractivity contribution in [3.8, 4) is 0 Å². The molecule has 1 N–H and O–H groups in total. The number of nitrogens with one attached hydrogen (secondary N) is 1. The second-order valence-corrected chi connectivity index (χ2v) is 7.87. The van der Waals surface area contributed by atoms with Crippen LogP contribution in [0, 0.1) is 0 Å². The molecule has 0 aliphatic rings. The van der Waals surface area contributed by atoms with Crippen molar-refractivity contribution in [1.82, 2.24) is 24.5 Å². The lowest BCUT2D eigenvalue weighted by Gasteiger charge is -2.19. The van der Waals surface area contributed by atoms with Gasteiger partial charge in [0.15, 0.2) is 5.11 Å². The summed E-state index contributed by atoms with van der Waals surface area (Å²) in [6.07, 6.45) is 5.39. The van der Waals surface area contributed by atoms with E-state index in [4.69, 9.17) is 47.0 Å². The Kier molecular flexibility index (Phi) is 6.82. The summed E-state index contributed by atoms with van der Waals surface area (Å²) in [7, 11) is 1.88. The molecule has 0 radical (unpaired) electrons. The van der Waals surface area contributed by atoms with Crippen molar-refractivity contribution in [2.75, 3.05) is 12.4 Å². The van der Waals surface area contributed by atoms with Gasteiger partial charge in [-0.2, -0.15) is 10.2 Å². The first-order chi connectivity index (χ1) is 13.4. The van der Waals surface area contributed by atoms with E-state index in [9.17, 15) is 0 Å². The topological polar surface area (TPSA) is 50.9 Å². The Bertz CT molecular complexity index is 984. The largest absolute Gasteiger partial charge is 0.346 e. The molecule has 0 unspecified atom stereocenters. The standard InChI is InChI=1S/C18H19Cl3N6S/c1-3-26-10-16(21)17(24-26)11-25(2)18(28)23-14-7-22-27(9-14)8-12-4-5-13(19)6-15(12)20/h4-7,9-10H,3,8,11H2,1-2H3,(H,23,28). The maximum Gasteiger partial charge on any atom is 0.173 e. The van der Waals surface area contributed by atoms with Crippen molar-refractivity contribution in [2.24, 2.45) is 0 Å². The van der Waals surface area contributed by atoms with Crippen molar-refractivity contribution < 1.29 is 0 Å². The molecule has 0 atom stereocenters. The highest BCUT2D eigenvalue weighted by Gasteiger charge is 2.13. The average Bonchev–Trinajstić information content (AvgIpc) is 3.23. The van der Waals surface area contributed by atoms with Crippen LogP contribution >= 0.6 is 47.0 Å². The second kappa shape index (κ2) is 9.13. The second-order valence-electron chi connectivity index (χ2n) is 6.23. The van der Waals surface area contributed by atoms with E-state index in [0.29, 0.717) is 33.3 Å². The van der Waals surface area contributed by atoms with Gasteiger partial charge in [-0.15, -0.1) is 0 Å². The molecule has 0 aliphatic heterocycles. The Balaban J connectivity index is 1.60. The number of nitrogens with zero attached hydrogens (tertiary/aromatic N) is 5. The number of halogens is 3. The van der Waals surface area contributed by atoms with Crippen LogP contribution in [0.15, 0.2) is 36.8 Å². The molecular formula is C18H19Cl3N6S. The lowest BCUT2D eigenvalue weighted by molar-refractivity contribution is 0.492. The van der Waals surface area contributed by atoms with Crippen LogP contribution < -0.4 is 5.32 Å². The van der Waals surface area contributed by atoms with E-state index in [-0.39, 0.29) is 0 Å². The van der Waals surface area contributed by atoms with Crippen molar-refractivity contribution in [3.63, 3.8) is 0 Å². The van der Waals surface area contributed by atoms with Crippen LogP contribution in [0.25, 0.3) is 0 Å². The number of rotatable bonds is 6. The smallest absolute Gasteiger partial charge is 0.173 e. The Morgan fingerprint density at radius 2 is 1.96 bits per heavy atom. The van der Waals surface area contributed by atoms with E-state index in [0.717, 1.165) is 23.5 Å². The molecule has 0 amide bonds. The van der Waals surface area contributed by atoms with Crippen molar-refractivity contribution >= 4 is 57.8 Å². The molecule has 10 heteroatoms. The maximum absolute atomic E-state index is 6.23. The van der Waals surface area contributed by atoms with Crippen molar-refractivity contribution in [3.05, 3.63) is 63.1 Å². The third-order valence-corrected chi connectivity index (χ3v) is 5.39. The van der Waals surface area contributed by atoms with Gasteiger partial charge in [0, 0.05) is 36.0 Å². The molecule has 1 aromatic carbocycles. The summed E-state index contributed by atoms with van der Waals surface area (Å²) in [5.74, 6) is 0. The van der Waals surface area contributed by atoms with Crippen LogP contribution in [0.5, 0.6) is 0 Å². The Morgan fingerprint density at radius 3 is 2.64 bits per heavy atom. The van der Waals surface area contributed by atoms with Gasteiger partial charge in [-0.1, -0.05) is 40.9 Å². The molecule has 3 aromatic rings. The number of aryl methyl sites for hydroxylation is 1. The molecule has 148 valence electrons. The third-order valence-electron chi connectivity index (χ3n) is 4.08. The molecule has 2 aromatic heterocycles. The highest BCUT2D eigenvalue weighted by molar-refractivity contribution is 7.80. The molecule has 0 saturated carbocycles. The number of thiocarbonyl (C=S) groups is 1. The third kappa shape index (κ3) is 5.17. The van der Waals surface area contributed by atoms with Gasteiger partial charge < -0.3 is 10.2 Å². The first-order valence-corrected chi connectivity index (χ1v) is 10.1. The molecular weight excluding hydrogens is 439 g/mol. The zero-order chi connectivity index (χ0) is 20.3. The fourth-order valence-electron chi connectivity index (χ4n) is 2.56. The molecule has 0 spiro atoms. The summed E-state index contributed by atoms with van der Waals surface area (Å²) in [6, 6.07) is 5.41. The number of hydrogen-bond acceptors (Lipinski definition) is 3. The van der Waals surface area contributed by atoms with Crippen LogP contribution in [-0.4, -0.2) is 36.6 Å². The predicted octanol–water partition coefficient (Wildman–Crippen LogP) is 4.94. The summed E-state index contributed by atoms with van der Waals surface area (Å²) >= 11 is 23.9. The first kappa shape index (κ1) is 20.9. The molecule has 2 heterocycles. The lowest BCUT2D eigenvalue weighted by Crippen LogP contribution is -2.30. The minimum Gasteiger partial charge on any atom is -0.346 e. The fourth-order valence-corrected chi connectivity index (χ4v) is 3.42. The monoisotopic (exact) mass is 456 g/mol. The zero-order valence-electron chi connectivity index (χ0n) is 15.4. The van der Waals surface area contributed by atoms with Gasteiger partial charge in [0.05, 0.1) is 30.0 Å². The Morgan fingerprint density at radius 1 is 1.18 bits per heavy atom. The van der Waals surface area contributed by atoms with Crippen LogP contribution in [-0.2, 0) is 19.6 Å². The van der Waals surface area contributed by atoms with Gasteiger partial charge in [0.2, 0.25) is 0 Å². The molecule has 3 rings (SSSR count). The van der Waals surface area contributed by atoms with Crippen molar-refractivity contribution in [1.29, 1.82) is 0 Å². The average molecular weight is 458 g/mol. The predicted molar refractivity (Wildman–Crippen MR) is 118 cm³/mol. The maximum atomic E-state index is 6.23. The van der Waals surface area contributed by atoms with E-state index >= 15 is 0 Å². The van der Waals surface area contributed by atoms with Gasteiger partial charge in [-0.3, -0.25) is 9.36 Å². The molecule has 0 fully saturated rings. The van der Waals surface area contributed by atoms with Gasteiger partial charge in [-0.05, 0) is 36.8 Å². The van der Waals surface area contributed by atoms with Gasteiger partial charge in [0.1, 0.15) is 5.69 Å². The van der Waals surface area contributed by atoms with Crippen LogP contribution in [0.4, 0.5) is 5.69 Å². The van der Waals surface area contributed by atoms with E-state index in [1.54, 1.807) is 27.7 Å². The van der Waals surface area contributed by atoms with Gasteiger partial charge in [0.25, 0.3) is 0 Å². The highest BCUT2D eigenvalue weighted by atomic mass is 35.5. The number of hydrogen-bond donors (Lipinski definition) is 1. The van der Waals surface area contributed by atoms with E-state index < -0.39 is 0 Å². The summed E-state index contributed by atoms with van der Waals surface area (Å²) < 4.78 is 3.58. The Hall–Kier alpha value is -1.80. The highest BCUT2D eigenvalue weighted by Crippen LogP contribution is 2.22. The minimum atomic E-state index is 0.506. The summed E-state index contributed by atoms with van der Waals surface area (Å²) in [6.45, 7) is 3.82. The lowest BCUT2D eigenvalue weighted by atomic mass is 10.2. The normalized spacial score (nSPS) is 10.9. The number of benzene rings is 1. The SMILES string of the molecule is CCn1cc(Cl)c(CN(C)C(=S)Nc2cnn(Cc3ccc(Cl)cc3Cl)c2)n1. The van der Waals surface area contributed by atoms with Crippen LogP contribution in [0.1, 0.15) is 18.2 Å². The van der Waals surface area contributed by atoms with E-state index in [1.165, 1.54) is 0 Å². The Labute approximate surface area is 184 Å². The molecule has 0 aliphatic carbocycles. The summed E-state index contributed by atoms with van der Waals surface area (Å²) in [5, 5.41) is 14.4. The summed E-state index contributed by atoms with van der Waals surface area (Å²) in [5.41, 5.74) is 2.50.